The lowest BCUT2D eigenvalue weighted by atomic mass is 10.4. The number of aliphatic hydroxyl groups excluding tert-OH is 1. The number of rotatable bonds is 5. The lowest BCUT2D eigenvalue weighted by molar-refractivity contribution is -0.334. The van der Waals surface area contributed by atoms with Gasteiger partial charge in [-0.2, -0.15) is 4.89 Å². The van der Waals surface area contributed by atoms with Crippen LogP contribution in [0.1, 0.15) is 6.92 Å². The van der Waals surface area contributed by atoms with E-state index >= 15 is 0 Å². The summed E-state index contributed by atoms with van der Waals surface area (Å²) in [6.45, 7) is 0.526. The SMILES string of the molecule is CC(=O)OOCC(CO)OO. The van der Waals surface area contributed by atoms with Gasteiger partial charge in [-0.05, 0) is 0 Å². The second kappa shape index (κ2) is 6.05. The monoisotopic (exact) mass is 166 g/mol. The third-order valence-corrected chi connectivity index (χ3v) is 0.783. The molecule has 1 unspecified atom stereocenters. The first-order chi connectivity index (χ1) is 5.20. The van der Waals surface area contributed by atoms with Crippen LogP contribution in [0, 0.1) is 0 Å². The van der Waals surface area contributed by atoms with Gasteiger partial charge in [-0.15, -0.1) is 0 Å². The maximum Gasteiger partial charge on any atom is 0.339 e. The third-order valence-electron chi connectivity index (χ3n) is 0.783. The van der Waals surface area contributed by atoms with Crippen LogP contribution in [0.15, 0.2) is 0 Å². The summed E-state index contributed by atoms with van der Waals surface area (Å²) in [6.07, 6.45) is -0.894. The average molecular weight is 166 g/mol. The molecular weight excluding hydrogens is 156 g/mol. The summed E-state index contributed by atoms with van der Waals surface area (Å²) < 4.78 is 0. The minimum Gasteiger partial charge on any atom is -0.393 e. The van der Waals surface area contributed by atoms with Crippen molar-refractivity contribution in [3.8, 4) is 0 Å². The van der Waals surface area contributed by atoms with Crippen molar-refractivity contribution in [3.05, 3.63) is 0 Å². The Kier molecular flexibility index (Phi) is 5.67. The molecule has 66 valence electrons. The van der Waals surface area contributed by atoms with E-state index in [1.54, 1.807) is 0 Å². The van der Waals surface area contributed by atoms with Crippen molar-refractivity contribution in [1.29, 1.82) is 0 Å². The summed E-state index contributed by atoms with van der Waals surface area (Å²) in [5, 5.41) is 16.4. The Hall–Kier alpha value is -0.690. The Morgan fingerprint density at radius 1 is 1.64 bits per heavy atom. The molecule has 0 aliphatic carbocycles. The van der Waals surface area contributed by atoms with Gasteiger partial charge in [-0.1, -0.05) is 0 Å². The van der Waals surface area contributed by atoms with Gasteiger partial charge in [-0.25, -0.2) is 9.68 Å². The van der Waals surface area contributed by atoms with E-state index in [0.29, 0.717) is 0 Å². The molecule has 0 bridgehead atoms. The van der Waals surface area contributed by atoms with E-state index in [2.05, 4.69) is 14.7 Å². The molecule has 0 amide bonds. The molecule has 0 aromatic carbocycles. The molecule has 0 aliphatic rings. The zero-order valence-electron chi connectivity index (χ0n) is 6.02. The minimum absolute atomic E-state index is 0.216. The van der Waals surface area contributed by atoms with E-state index in [0.717, 1.165) is 6.92 Å². The van der Waals surface area contributed by atoms with Crippen LogP contribution in [0.4, 0.5) is 0 Å². The molecule has 11 heavy (non-hydrogen) atoms. The van der Waals surface area contributed by atoms with Crippen LogP contribution in [-0.4, -0.2) is 35.7 Å². The standard InChI is InChI=1S/C5H10O6/c1-4(7)11-9-3-5(2-6)10-8/h5-6,8H,2-3H2,1H3. The van der Waals surface area contributed by atoms with E-state index in [1.165, 1.54) is 0 Å². The van der Waals surface area contributed by atoms with E-state index in [9.17, 15) is 4.79 Å². The number of carbonyl (C=O) groups excluding carboxylic acids is 1. The van der Waals surface area contributed by atoms with Crippen LogP contribution in [-0.2, 0) is 19.5 Å². The van der Waals surface area contributed by atoms with Gasteiger partial charge in [0.15, 0.2) is 0 Å². The number of carbonyl (C=O) groups is 1. The van der Waals surface area contributed by atoms with Crippen LogP contribution in [0.5, 0.6) is 0 Å². The lowest BCUT2D eigenvalue weighted by Crippen LogP contribution is -2.23. The summed E-state index contributed by atoms with van der Waals surface area (Å²) in [7, 11) is 0. The fourth-order valence-corrected chi connectivity index (χ4v) is 0.309. The molecule has 0 aliphatic heterocycles. The molecule has 0 fully saturated rings. The molecule has 1 atom stereocenters. The van der Waals surface area contributed by atoms with Crippen LogP contribution in [0.25, 0.3) is 0 Å². The van der Waals surface area contributed by atoms with Gasteiger partial charge < -0.3 is 5.11 Å². The third kappa shape index (κ3) is 5.74. The van der Waals surface area contributed by atoms with E-state index in [-0.39, 0.29) is 6.61 Å². The highest BCUT2D eigenvalue weighted by Crippen LogP contribution is 1.90. The Morgan fingerprint density at radius 2 is 2.27 bits per heavy atom. The van der Waals surface area contributed by atoms with Gasteiger partial charge in [-0.3, -0.25) is 10.1 Å². The average Bonchev–Trinajstić information content (AvgIpc) is 1.98. The fourth-order valence-electron chi connectivity index (χ4n) is 0.309. The van der Waals surface area contributed by atoms with E-state index in [1.807, 2.05) is 0 Å². The van der Waals surface area contributed by atoms with Crippen molar-refractivity contribution in [3.63, 3.8) is 0 Å². The van der Waals surface area contributed by atoms with Crippen molar-refractivity contribution in [2.75, 3.05) is 13.2 Å². The van der Waals surface area contributed by atoms with Crippen molar-refractivity contribution in [2.45, 2.75) is 13.0 Å². The highest BCUT2D eigenvalue weighted by atomic mass is 17.2. The zero-order chi connectivity index (χ0) is 8.69. The molecule has 0 aromatic heterocycles. The first-order valence-corrected chi connectivity index (χ1v) is 2.91. The fraction of sp³-hybridized carbons (Fsp3) is 0.800. The molecule has 0 spiro atoms. The smallest absolute Gasteiger partial charge is 0.339 e. The van der Waals surface area contributed by atoms with E-state index < -0.39 is 18.7 Å². The molecule has 2 N–H and O–H groups in total. The number of aliphatic hydroxyl groups is 1. The van der Waals surface area contributed by atoms with Gasteiger partial charge in [0.2, 0.25) is 0 Å². The highest BCUT2D eigenvalue weighted by Gasteiger charge is 2.08. The second-order valence-corrected chi connectivity index (χ2v) is 1.77. The van der Waals surface area contributed by atoms with Crippen LogP contribution in [0.3, 0.4) is 0 Å². The van der Waals surface area contributed by atoms with Crippen molar-refractivity contribution >= 4 is 5.97 Å². The summed E-state index contributed by atoms with van der Waals surface area (Å²) >= 11 is 0. The largest absolute Gasteiger partial charge is 0.393 e. The van der Waals surface area contributed by atoms with Crippen molar-refractivity contribution in [1.82, 2.24) is 0 Å². The highest BCUT2D eigenvalue weighted by molar-refractivity contribution is 5.65. The topological polar surface area (TPSA) is 85.2 Å². The first kappa shape index (κ1) is 10.3. The van der Waals surface area contributed by atoms with Gasteiger partial charge >= 0.3 is 5.97 Å². The van der Waals surface area contributed by atoms with Crippen molar-refractivity contribution < 1.29 is 29.8 Å². The molecular formula is C5H10O6. The van der Waals surface area contributed by atoms with E-state index in [4.69, 9.17) is 10.4 Å². The molecule has 0 aromatic rings. The molecule has 6 nitrogen and oxygen atoms in total. The number of hydrogen-bond donors (Lipinski definition) is 2. The molecule has 0 rings (SSSR count). The summed E-state index contributed by atoms with van der Waals surface area (Å²) in [4.78, 5) is 22.1. The van der Waals surface area contributed by atoms with Gasteiger partial charge in [0.05, 0.1) is 6.61 Å². The Balaban J connectivity index is 3.28. The summed E-state index contributed by atoms with van der Waals surface area (Å²) in [6, 6.07) is 0. The quantitative estimate of drug-likeness (QED) is 0.416. The van der Waals surface area contributed by atoms with Gasteiger partial charge in [0, 0.05) is 6.92 Å². The molecule has 0 saturated heterocycles. The first-order valence-electron chi connectivity index (χ1n) is 2.91. The summed E-state index contributed by atoms with van der Waals surface area (Å²) in [5.74, 6) is -0.611. The second-order valence-electron chi connectivity index (χ2n) is 1.77. The molecule has 0 radical (unpaired) electrons. The maximum absolute atomic E-state index is 10.1. The molecule has 6 heteroatoms. The molecule has 0 saturated carbocycles. The summed E-state index contributed by atoms with van der Waals surface area (Å²) in [5.41, 5.74) is 0. The molecule has 0 heterocycles. The Morgan fingerprint density at radius 3 is 2.64 bits per heavy atom. The minimum atomic E-state index is -0.894. The Labute approximate surface area is 63.1 Å². The van der Waals surface area contributed by atoms with Crippen LogP contribution >= 0.6 is 0 Å². The van der Waals surface area contributed by atoms with Crippen molar-refractivity contribution in [2.24, 2.45) is 0 Å². The van der Waals surface area contributed by atoms with Gasteiger partial charge in [0.1, 0.15) is 12.7 Å². The maximum atomic E-state index is 10.1. The van der Waals surface area contributed by atoms with Gasteiger partial charge in [0.25, 0.3) is 0 Å². The zero-order valence-corrected chi connectivity index (χ0v) is 6.02. The Bertz CT molecular complexity index is 110. The lowest BCUT2D eigenvalue weighted by Gasteiger charge is -2.07. The predicted octanol–water partition coefficient (Wildman–Crippen LogP) is -0.668. The number of hydrogen-bond acceptors (Lipinski definition) is 6. The van der Waals surface area contributed by atoms with Crippen LogP contribution in [0.2, 0.25) is 0 Å². The van der Waals surface area contributed by atoms with Crippen LogP contribution < -0.4 is 0 Å². The predicted molar refractivity (Wildman–Crippen MR) is 32.3 cm³/mol. The normalized spacial score (nSPS) is 12.6.